The van der Waals surface area contributed by atoms with Gasteiger partial charge in [0.25, 0.3) is 11.7 Å². The number of carbonyl (C=O) groups is 2. The quantitative estimate of drug-likeness (QED) is 0.251. The highest BCUT2D eigenvalue weighted by atomic mass is 79.9. The molecule has 3 aromatic rings. The van der Waals surface area contributed by atoms with Gasteiger partial charge in [0.2, 0.25) is 0 Å². The van der Waals surface area contributed by atoms with E-state index in [4.69, 9.17) is 4.74 Å². The molecular weight excluding hydrogens is 515 g/mol. The molecule has 34 heavy (non-hydrogen) atoms. The van der Waals surface area contributed by atoms with Gasteiger partial charge in [-0.2, -0.15) is 13.2 Å². The number of nitrogens with zero attached hydrogens (tertiary/aromatic N) is 1. The van der Waals surface area contributed by atoms with Gasteiger partial charge >= 0.3 is 6.18 Å². The molecular formula is C25H17BrF3NO4. The molecule has 1 aliphatic heterocycles. The summed E-state index contributed by atoms with van der Waals surface area (Å²) < 4.78 is 46.0. The molecule has 1 heterocycles. The van der Waals surface area contributed by atoms with E-state index in [0.29, 0.717) is 11.3 Å². The number of aliphatic hydroxyl groups is 1. The van der Waals surface area contributed by atoms with Crippen molar-refractivity contribution in [2.45, 2.75) is 12.2 Å². The maximum atomic E-state index is 13.4. The van der Waals surface area contributed by atoms with Crippen LogP contribution in [0.4, 0.5) is 18.9 Å². The number of Topliss-reactive ketones (excluding diaryl/α,β-unsaturated/α-hetero) is 1. The Bertz CT molecular complexity index is 1280. The number of ketones is 1. The molecule has 1 aliphatic rings. The zero-order valence-electron chi connectivity index (χ0n) is 17.6. The summed E-state index contributed by atoms with van der Waals surface area (Å²) in [4.78, 5) is 27.2. The highest BCUT2D eigenvalue weighted by Crippen LogP contribution is 2.43. The van der Waals surface area contributed by atoms with E-state index in [1.54, 1.807) is 48.5 Å². The second kappa shape index (κ2) is 8.98. The minimum atomic E-state index is -4.64. The normalized spacial score (nSPS) is 17.8. The lowest BCUT2D eigenvalue weighted by Crippen LogP contribution is -2.29. The van der Waals surface area contributed by atoms with Gasteiger partial charge in [0.05, 0.1) is 24.3 Å². The number of halogens is 4. The molecule has 3 aromatic carbocycles. The van der Waals surface area contributed by atoms with Gasteiger partial charge in [-0.05, 0) is 48.0 Å². The summed E-state index contributed by atoms with van der Waals surface area (Å²) >= 11 is 3.29. The van der Waals surface area contributed by atoms with Crippen LogP contribution in [0.5, 0.6) is 5.75 Å². The molecule has 0 spiro atoms. The average Bonchev–Trinajstić information content (AvgIpc) is 3.09. The van der Waals surface area contributed by atoms with Crippen LogP contribution >= 0.6 is 15.9 Å². The number of aliphatic hydroxyl groups excluding tert-OH is 1. The first-order chi connectivity index (χ1) is 16.1. The van der Waals surface area contributed by atoms with Crippen LogP contribution in [-0.2, 0) is 15.8 Å². The third kappa shape index (κ3) is 4.31. The number of hydrogen-bond donors (Lipinski definition) is 1. The van der Waals surface area contributed by atoms with E-state index in [1.807, 2.05) is 0 Å². The third-order valence-corrected chi connectivity index (χ3v) is 5.97. The van der Waals surface area contributed by atoms with Crippen molar-refractivity contribution in [2.75, 3.05) is 12.0 Å². The molecule has 0 radical (unpaired) electrons. The number of rotatable bonds is 4. The van der Waals surface area contributed by atoms with E-state index in [2.05, 4.69) is 15.9 Å². The molecule has 1 N–H and O–H groups in total. The third-order valence-electron chi connectivity index (χ3n) is 5.45. The molecule has 174 valence electrons. The van der Waals surface area contributed by atoms with Crippen LogP contribution in [0.2, 0.25) is 0 Å². The predicted octanol–water partition coefficient (Wildman–Crippen LogP) is 6.10. The second-order valence-corrected chi connectivity index (χ2v) is 8.41. The molecule has 4 rings (SSSR count). The lowest BCUT2D eigenvalue weighted by molar-refractivity contribution is -0.137. The van der Waals surface area contributed by atoms with E-state index in [1.165, 1.54) is 13.2 Å². The van der Waals surface area contributed by atoms with Crippen molar-refractivity contribution >= 4 is 39.1 Å². The number of ether oxygens (including phenoxy) is 1. The highest BCUT2D eigenvalue weighted by molar-refractivity contribution is 9.10. The Morgan fingerprint density at radius 2 is 1.65 bits per heavy atom. The Morgan fingerprint density at radius 3 is 2.24 bits per heavy atom. The first-order valence-corrected chi connectivity index (χ1v) is 10.8. The van der Waals surface area contributed by atoms with Crippen molar-refractivity contribution in [3.63, 3.8) is 0 Å². The maximum Gasteiger partial charge on any atom is 0.416 e. The minimum Gasteiger partial charge on any atom is -0.507 e. The summed E-state index contributed by atoms with van der Waals surface area (Å²) in [5.41, 5.74) is -0.615. The van der Waals surface area contributed by atoms with Crippen molar-refractivity contribution in [1.82, 2.24) is 0 Å². The predicted molar refractivity (Wildman–Crippen MR) is 123 cm³/mol. The van der Waals surface area contributed by atoms with Crippen molar-refractivity contribution in [3.05, 3.63) is 99.5 Å². The summed E-state index contributed by atoms with van der Waals surface area (Å²) in [7, 11) is 1.47. The van der Waals surface area contributed by atoms with Gasteiger partial charge < -0.3 is 9.84 Å². The van der Waals surface area contributed by atoms with E-state index in [-0.39, 0.29) is 16.8 Å². The molecule has 5 nitrogen and oxygen atoms in total. The van der Waals surface area contributed by atoms with Gasteiger partial charge in [-0.15, -0.1) is 0 Å². The van der Waals surface area contributed by atoms with Gasteiger partial charge in [-0.25, -0.2) is 0 Å². The van der Waals surface area contributed by atoms with E-state index in [0.717, 1.165) is 27.6 Å². The van der Waals surface area contributed by atoms with Crippen molar-refractivity contribution < 1.29 is 32.6 Å². The molecule has 1 atom stereocenters. The Balaban J connectivity index is 1.93. The van der Waals surface area contributed by atoms with E-state index < -0.39 is 35.2 Å². The molecule has 1 amide bonds. The highest BCUT2D eigenvalue weighted by Gasteiger charge is 2.47. The van der Waals surface area contributed by atoms with E-state index >= 15 is 0 Å². The standard InChI is InChI=1S/C25H17BrF3NO4/c1-34-19-11-7-14(8-12-19)21-20(22(31)15-5-9-17(26)10-6-15)23(32)24(33)30(21)18-4-2-3-16(13-18)25(27,28)29/h2-13,21,31H,1H3/t21-/m1/s1. The minimum absolute atomic E-state index is 0.118. The van der Waals surface area contributed by atoms with Gasteiger partial charge in [-0.1, -0.05) is 46.3 Å². The largest absolute Gasteiger partial charge is 0.507 e. The first kappa shape index (κ1) is 23.6. The maximum absolute atomic E-state index is 13.4. The van der Waals surface area contributed by atoms with Crippen LogP contribution in [0.15, 0.2) is 82.8 Å². The summed E-state index contributed by atoms with van der Waals surface area (Å²) in [5.74, 6) is -1.97. The van der Waals surface area contributed by atoms with Crippen LogP contribution in [0.3, 0.4) is 0 Å². The fourth-order valence-corrected chi connectivity index (χ4v) is 4.06. The number of anilines is 1. The number of amides is 1. The zero-order chi connectivity index (χ0) is 24.6. The van der Waals surface area contributed by atoms with E-state index in [9.17, 15) is 27.9 Å². The van der Waals surface area contributed by atoms with Crippen molar-refractivity contribution in [2.24, 2.45) is 0 Å². The van der Waals surface area contributed by atoms with Crippen LogP contribution in [0, 0.1) is 0 Å². The summed E-state index contributed by atoms with van der Waals surface area (Å²) in [6, 6.07) is 15.8. The Hall–Kier alpha value is -3.59. The van der Waals surface area contributed by atoms with Crippen LogP contribution in [-0.4, -0.2) is 23.9 Å². The monoisotopic (exact) mass is 531 g/mol. The molecule has 0 aliphatic carbocycles. The summed E-state index contributed by atoms with van der Waals surface area (Å²) in [6.45, 7) is 0. The number of methoxy groups -OCH3 is 1. The van der Waals surface area contributed by atoms with Crippen LogP contribution in [0.1, 0.15) is 22.7 Å². The second-order valence-electron chi connectivity index (χ2n) is 7.50. The van der Waals surface area contributed by atoms with Gasteiger partial charge in [-0.3, -0.25) is 14.5 Å². The fourth-order valence-electron chi connectivity index (χ4n) is 3.80. The number of benzene rings is 3. The lowest BCUT2D eigenvalue weighted by Gasteiger charge is -2.26. The van der Waals surface area contributed by atoms with Crippen molar-refractivity contribution in [3.8, 4) is 5.75 Å². The Labute approximate surface area is 201 Å². The SMILES string of the molecule is COc1ccc([C@@H]2C(=C(O)c3ccc(Br)cc3)C(=O)C(=O)N2c2cccc(C(F)(F)F)c2)cc1. The zero-order valence-corrected chi connectivity index (χ0v) is 19.2. The molecule has 0 bridgehead atoms. The number of carbonyl (C=O) groups excluding carboxylic acids is 2. The summed E-state index contributed by atoms with van der Waals surface area (Å²) in [5, 5.41) is 11.0. The van der Waals surface area contributed by atoms with Gasteiger partial charge in [0.1, 0.15) is 11.5 Å². The summed E-state index contributed by atoms with van der Waals surface area (Å²) in [6.07, 6.45) is -4.64. The Morgan fingerprint density at radius 1 is 1.00 bits per heavy atom. The van der Waals surface area contributed by atoms with Crippen molar-refractivity contribution in [1.29, 1.82) is 0 Å². The molecule has 0 saturated carbocycles. The average molecular weight is 532 g/mol. The fraction of sp³-hybridized carbons (Fsp3) is 0.120. The molecule has 1 saturated heterocycles. The molecule has 0 unspecified atom stereocenters. The van der Waals surface area contributed by atoms with Crippen LogP contribution in [0.25, 0.3) is 5.76 Å². The molecule has 0 aromatic heterocycles. The molecule has 1 fully saturated rings. The smallest absolute Gasteiger partial charge is 0.416 e. The Kier molecular flexibility index (Phi) is 6.22. The molecule has 9 heteroatoms. The number of hydrogen-bond acceptors (Lipinski definition) is 4. The van der Waals surface area contributed by atoms with Gasteiger partial charge in [0, 0.05) is 15.7 Å². The number of alkyl halides is 3. The topological polar surface area (TPSA) is 66.8 Å². The van der Waals surface area contributed by atoms with Crippen LogP contribution < -0.4 is 9.64 Å². The first-order valence-electron chi connectivity index (χ1n) is 10.00. The van der Waals surface area contributed by atoms with Gasteiger partial charge in [0.15, 0.2) is 0 Å². The lowest BCUT2D eigenvalue weighted by atomic mass is 9.95.